The summed E-state index contributed by atoms with van der Waals surface area (Å²) in [6.45, 7) is 3.86. The molecule has 1 fully saturated rings. The number of pyridine rings is 1. The monoisotopic (exact) mass is 340 g/mol. The molecule has 0 radical (unpaired) electrons. The highest BCUT2D eigenvalue weighted by Crippen LogP contribution is 2.34. The van der Waals surface area contributed by atoms with Crippen LogP contribution in [-0.4, -0.2) is 40.6 Å². The van der Waals surface area contributed by atoms with E-state index < -0.39 is 0 Å². The van der Waals surface area contributed by atoms with Crippen molar-refractivity contribution in [1.29, 1.82) is 0 Å². The lowest BCUT2D eigenvalue weighted by Gasteiger charge is -2.29. The van der Waals surface area contributed by atoms with Crippen molar-refractivity contribution >= 4 is 16.7 Å². The molecule has 1 aliphatic rings. The van der Waals surface area contributed by atoms with E-state index in [0.29, 0.717) is 24.5 Å². The first-order valence-electron chi connectivity index (χ1n) is 8.80. The van der Waals surface area contributed by atoms with Crippen LogP contribution in [0.25, 0.3) is 22.5 Å². The van der Waals surface area contributed by atoms with Gasteiger partial charge in [-0.2, -0.15) is 0 Å². The average molecular weight is 340 g/mol. The van der Waals surface area contributed by atoms with Crippen LogP contribution in [0, 0.1) is 0 Å². The van der Waals surface area contributed by atoms with Gasteiger partial charge in [0, 0.05) is 43.0 Å². The number of nitrogens with one attached hydrogen (secondary N) is 4. The normalized spacial score (nSPS) is 20.9. The van der Waals surface area contributed by atoms with Crippen molar-refractivity contribution in [3.05, 3.63) is 30.4 Å². The van der Waals surface area contributed by atoms with Crippen molar-refractivity contribution in [2.45, 2.75) is 38.4 Å². The summed E-state index contributed by atoms with van der Waals surface area (Å²) in [4.78, 5) is 12.3. The second-order valence-corrected chi connectivity index (χ2v) is 6.69. The van der Waals surface area contributed by atoms with E-state index in [1.54, 1.807) is 6.26 Å². The highest BCUT2D eigenvalue weighted by atomic mass is 16.3. The van der Waals surface area contributed by atoms with Crippen LogP contribution in [0.4, 0.5) is 5.69 Å². The standard InChI is InChI=1S/C18H24N6O/c1-11-3-4-12(8-21-11)23-16-14-5-6-20-17(14)22-9-15(16)18-24-13(7-19-2)10-25-18/h5-6,9-12,19,21H,3-4,7-8H2,1-2H3,(H2,20,22,23)/t11-,12+/m0/s1. The molecule has 3 aromatic heterocycles. The summed E-state index contributed by atoms with van der Waals surface area (Å²) in [5.74, 6) is 0.598. The first-order chi connectivity index (χ1) is 12.2. The van der Waals surface area contributed by atoms with Gasteiger partial charge in [0.05, 0.1) is 16.9 Å². The van der Waals surface area contributed by atoms with E-state index in [4.69, 9.17) is 4.42 Å². The summed E-state index contributed by atoms with van der Waals surface area (Å²) in [6, 6.07) is 3.00. The highest BCUT2D eigenvalue weighted by molar-refractivity contribution is 5.97. The number of anilines is 1. The molecule has 1 saturated heterocycles. The Morgan fingerprint density at radius 3 is 3.08 bits per heavy atom. The number of nitrogens with zero attached hydrogens (tertiary/aromatic N) is 2. The van der Waals surface area contributed by atoms with Crippen LogP contribution < -0.4 is 16.0 Å². The maximum atomic E-state index is 5.72. The van der Waals surface area contributed by atoms with Crippen molar-refractivity contribution in [3.8, 4) is 11.5 Å². The average Bonchev–Trinajstić information content (AvgIpc) is 3.27. The highest BCUT2D eigenvalue weighted by Gasteiger charge is 2.22. The summed E-state index contributed by atoms with van der Waals surface area (Å²) >= 11 is 0. The number of aromatic amines is 1. The summed E-state index contributed by atoms with van der Waals surface area (Å²) in [5.41, 5.74) is 3.68. The van der Waals surface area contributed by atoms with E-state index >= 15 is 0 Å². The zero-order chi connectivity index (χ0) is 17.2. The van der Waals surface area contributed by atoms with Crippen molar-refractivity contribution in [2.24, 2.45) is 0 Å². The van der Waals surface area contributed by atoms with Gasteiger partial charge in [-0.15, -0.1) is 0 Å². The second-order valence-electron chi connectivity index (χ2n) is 6.69. The minimum absolute atomic E-state index is 0.377. The molecule has 7 nitrogen and oxygen atoms in total. The summed E-state index contributed by atoms with van der Waals surface area (Å²) in [5, 5.41) is 11.4. The molecule has 4 rings (SSSR count). The molecule has 7 heteroatoms. The second kappa shape index (κ2) is 6.85. The number of piperidine rings is 1. The van der Waals surface area contributed by atoms with Crippen molar-refractivity contribution in [2.75, 3.05) is 18.9 Å². The van der Waals surface area contributed by atoms with Gasteiger partial charge < -0.3 is 25.4 Å². The Balaban J connectivity index is 1.70. The number of aromatic nitrogens is 3. The minimum atomic E-state index is 0.377. The third kappa shape index (κ3) is 3.25. The van der Waals surface area contributed by atoms with Crippen molar-refractivity contribution < 1.29 is 4.42 Å². The molecular weight excluding hydrogens is 316 g/mol. The van der Waals surface area contributed by atoms with Crippen LogP contribution >= 0.6 is 0 Å². The van der Waals surface area contributed by atoms with E-state index in [1.165, 1.54) is 6.42 Å². The fraction of sp³-hybridized carbons (Fsp3) is 0.444. The van der Waals surface area contributed by atoms with Crippen molar-refractivity contribution in [1.82, 2.24) is 25.6 Å². The van der Waals surface area contributed by atoms with Gasteiger partial charge >= 0.3 is 0 Å². The Bertz CT molecular complexity index is 846. The van der Waals surface area contributed by atoms with E-state index in [2.05, 4.69) is 37.8 Å². The van der Waals surface area contributed by atoms with Gasteiger partial charge in [0.1, 0.15) is 11.9 Å². The Labute approximate surface area is 146 Å². The largest absolute Gasteiger partial charge is 0.444 e. The fourth-order valence-corrected chi connectivity index (χ4v) is 3.34. The fourth-order valence-electron chi connectivity index (χ4n) is 3.34. The van der Waals surface area contributed by atoms with E-state index in [-0.39, 0.29) is 0 Å². The van der Waals surface area contributed by atoms with Crippen LogP contribution in [0.5, 0.6) is 0 Å². The minimum Gasteiger partial charge on any atom is -0.444 e. The molecule has 0 aromatic carbocycles. The molecular formula is C18H24N6O. The lowest BCUT2D eigenvalue weighted by Crippen LogP contribution is -2.43. The molecule has 4 heterocycles. The number of rotatable bonds is 5. The molecule has 0 unspecified atom stereocenters. The van der Waals surface area contributed by atoms with Crippen LogP contribution in [-0.2, 0) is 6.54 Å². The van der Waals surface area contributed by atoms with E-state index in [0.717, 1.165) is 40.9 Å². The van der Waals surface area contributed by atoms with Crippen molar-refractivity contribution in [3.63, 3.8) is 0 Å². The van der Waals surface area contributed by atoms with Gasteiger partial charge in [0.25, 0.3) is 0 Å². The molecule has 1 aliphatic heterocycles. The van der Waals surface area contributed by atoms with Gasteiger partial charge in [0.2, 0.25) is 5.89 Å². The molecule has 0 aliphatic carbocycles. The number of hydrogen-bond acceptors (Lipinski definition) is 6. The molecule has 0 bridgehead atoms. The van der Waals surface area contributed by atoms with Gasteiger partial charge in [-0.05, 0) is 32.9 Å². The van der Waals surface area contributed by atoms with E-state index in [9.17, 15) is 0 Å². The number of H-pyrrole nitrogens is 1. The summed E-state index contributed by atoms with van der Waals surface area (Å²) in [7, 11) is 1.89. The topological polar surface area (TPSA) is 90.8 Å². The summed E-state index contributed by atoms with van der Waals surface area (Å²) < 4.78 is 5.72. The maximum Gasteiger partial charge on any atom is 0.229 e. The molecule has 132 valence electrons. The molecule has 3 aromatic rings. The predicted octanol–water partition coefficient (Wildman–Crippen LogP) is 2.49. The Morgan fingerprint density at radius 1 is 1.36 bits per heavy atom. The lowest BCUT2D eigenvalue weighted by atomic mass is 10.0. The van der Waals surface area contributed by atoms with Crippen LogP contribution in [0.15, 0.2) is 29.1 Å². The summed E-state index contributed by atoms with van der Waals surface area (Å²) in [6.07, 6.45) is 7.74. The third-order valence-electron chi connectivity index (χ3n) is 4.74. The molecule has 4 N–H and O–H groups in total. The Kier molecular flexibility index (Phi) is 4.42. The molecule has 25 heavy (non-hydrogen) atoms. The zero-order valence-electron chi connectivity index (χ0n) is 14.6. The SMILES string of the molecule is CNCc1coc(-c2cnc3[nH]ccc3c2N[C@@H]2CC[C@H](C)NC2)n1. The maximum absolute atomic E-state index is 5.72. The predicted molar refractivity (Wildman–Crippen MR) is 98.5 cm³/mol. The molecule has 0 amide bonds. The number of oxazole rings is 1. The molecule has 0 spiro atoms. The zero-order valence-corrected chi connectivity index (χ0v) is 14.6. The van der Waals surface area contributed by atoms with Gasteiger partial charge in [-0.25, -0.2) is 9.97 Å². The van der Waals surface area contributed by atoms with Gasteiger partial charge in [-0.1, -0.05) is 0 Å². The first-order valence-corrected chi connectivity index (χ1v) is 8.80. The smallest absolute Gasteiger partial charge is 0.229 e. The van der Waals surface area contributed by atoms with Crippen LogP contribution in [0.3, 0.4) is 0 Å². The Morgan fingerprint density at radius 2 is 2.28 bits per heavy atom. The Hall–Kier alpha value is -2.38. The van der Waals surface area contributed by atoms with Crippen LogP contribution in [0.2, 0.25) is 0 Å². The van der Waals surface area contributed by atoms with Gasteiger partial charge in [-0.3, -0.25) is 0 Å². The van der Waals surface area contributed by atoms with Gasteiger partial charge in [0.15, 0.2) is 0 Å². The molecule has 0 saturated carbocycles. The molecule has 2 atom stereocenters. The van der Waals surface area contributed by atoms with E-state index in [1.807, 2.05) is 25.5 Å². The number of fused-ring (bicyclic) bond motifs is 1. The lowest BCUT2D eigenvalue weighted by molar-refractivity contribution is 0.399. The first kappa shape index (κ1) is 16.1. The van der Waals surface area contributed by atoms with Crippen LogP contribution in [0.1, 0.15) is 25.5 Å². The third-order valence-corrected chi connectivity index (χ3v) is 4.74. The quantitative estimate of drug-likeness (QED) is 0.570. The number of hydrogen-bond donors (Lipinski definition) is 4.